The fraction of sp³-hybridized carbons (Fsp3) is 0.211. The fourth-order valence-corrected chi connectivity index (χ4v) is 3.75. The maximum atomic E-state index is 12.9. The van der Waals surface area contributed by atoms with Gasteiger partial charge in [-0.25, -0.2) is 4.98 Å². The van der Waals surface area contributed by atoms with E-state index in [4.69, 9.17) is 0 Å². The van der Waals surface area contributed by atoms with Gasteiger partial charge in [-0.3, -0.25) is 9.78 Å². The summed E-state index contributed by atoms with van der Waals surface area (Å²) in [4.78, 5) is 21.2. The highest BCUT2D eigenvalue weighted by Crippen LogP contribution is 2.48. The van der Waals surface area contributed by atoms with Gasteiger partial charge in [0.25, 0.3) is 0 Å². The first-order valence-electron chi connectivity index (χ1n) is 8.24. The van der Waals surface area contributed by atoms with Crippen molar-refractivity contribution in [3.05, 3.63) is 76.6 Å². The van der Waals surface area contributed by atoms with Gasteiger partial charge in [0, 0.05) is 18.0 Å². The highest BCUT2D eigenvalue weighted by molar-refractivity contribution is 7.17. The average molecular weight is 389 g/mol. The van der Waals surface area contributed by atoms with E-state index >= 15 is 0 Å². The number of carbonyl (C=O) groups excluding carboxylic acids is 1. The zero-order chi connectivity index (χ0) is 19.1. The summed E-state index contributed by atoms with van der Waals surface area (Å²) in [5.74, 6) is -0.474. The molecular weight excluding hydrogens is 375 g/mol. The molecule has 1 fully saturated rings. The Hall–Kier alpha value is -2.74. The molecule has 8 heteroatoms. The Morgan fingerprint density at radius 1 is 1.15 bits per heavy atom. The van der Waals surface area contributed by atoms with E-state index in [1.54, 1.807) is 12.4 Å². The van der Waals surface area contributed by atoms with Crippen LogP contribution in [0.2, 0.25) is 0 Å². The Morgan fingerprint density at radius 3 is 2.63 bits per heavy atom. The fourth-order valence-electron chi connectivity index (χ4n) is 2.88. The number of aromatic nitrogens is 2. The zero-order valence-corrected chi connectivity index (χ0v) is 14.8. The van der Waals surface area contributed by atoms with Crippen molar-refractivity contribution in [3.8, 4) is 0 Å². The third kappa shape index (κ3) is 3.57. The standard InChI is InChI=1S/C19H14F3N3OS/c20-19(21,22)13-4-1-3-12(9-13)16(26)15-11-24-17(27-15)25-18(6-7-18)14-5-2-8-23-10-14/h1-5,8-11H,6-7H2,(H,24,25). The van der Waals surface area contributed by atoms with Crippen LogP contribution >= 0.6 is 11.3 Å². The van der Waals surface area contributed by atoms with Gasteiger partial charge in [0.05, 0.1) is 22.2 Å². The molecule has 0 aliphatic heterocycles. The summed E-state index contributed by atoms with van der Waals surface area (Å²) in [6.45, 7) is 0. The molecular formula is C19H14F3N3OS. The molecule has 27 heavy (non-hydrogen) atoms. The van der Waals surface area contributed by atoms with E-state index < -0.39 is 17.5 Å². The molecule has 1 aliphatic rings. The number of carbonyl (C=O) groups is 1. The van der Waals surface area contributed by atoms with Gasteiger partial charge in [-0.2, -0.15) is 13.2 Å². The lowest BCUT2D eigenvalue weighted by Gasteiger charge is -2.16. The highest BCUT2D eigenvalue weighted by Gasteiger charge is 2.45. The molecule has 138 valence electrons. The predicted molar refractivity (Wildman–Crippen MR) is 95.8 cm³/mol. The third-order valence-corrected chi connectivity index (χ3v) is 5.40. The first-order chi connectivity index (χ1) is 12.9. The maximum absolute atomic E-state index is 12.9. The molecule has 0 spiro atoms. The Balaban J connectivity index is 1.54. The molecule has 0 amide bonds. The van der Waals surface area contributed by atoms with Crippen molar-refractivity contribution in [1.82, 2.24) is 9.97 Å². The van der Waals surface area contributed by atoms with Gasteiger partial charge in [-0.15, -0.1) is 0 Å². The van der Waals surface area contributed by atoms with Crippen LogP contribution in [0.3, 0.4) is 0 Å². The van der Waals surface area contributed by atoms with Crippen LogP contribution < -0.4 is 5.32 Å². The molecule has 1 aliphatic carbocycles. The van der Waals surface area contributed by atoms with Crippen molar-refractivity contribution in [2.45, 2.75) is 24.6 Å². The first-order valence-corrected chi connectivity index (χ1v) is 9.06. The SMILES string of the molecule is O=C(c1cccc(C(F)(F)F)c1)c1cnc(NC2(c3cccnc3)CC2)s1. The van der Waals surface area contributed by atoms with Crippen molar-refractivity contribution in [3.63, 3.8) is 0 Å². The number of halogens is 3. The Bertz CT molecular complexity index is 981. The quantitative estimate of drug-likeness (QED) is 0.632. The maximum Gasteiger partial charge on any atom is 0.416 e. The molecule has 1 aromatic carbocycles. The van der Waals surface area contributed by atoms with Crippen LogP contribution in [-0.2, 0) is 11.7 Å². The molecule has 4 rings (SSSR count). The summed E-state index contributed by atoms with van der Waals surface area (Å²) in [5.41, 5.74) is -0.0353. The number of nitrogens with zero attached hydrogens (tertiary/aromatic N) is 2. The Kier molecular flexibility index (Phi) is 4.22. The van der Waals surface area contributed by atoms with Crippen LogP contribution in [0.1, 0.15) is 39.2 Å². The molecule has 2 heterocycles. The minimum absolute atomic E-state index is 0.00609. The minimum Gasteiger partial charge on any atom is -0.352 e. The third-order valence-electron chi connectivity index (χ3n) is 4.49. The molecule has 3 aromatic rings. The molecule has 4 nitrogen and oxygen atoms in total. The molecule has 0 bridgehead atoms. The minimum atomic E-state index is -4.49. The first kappa shape index (κ1) is 17.7. The smallest absolute Gasteiger partial charge is 0.352 e. The van der Waals surface area contributed by atoms with E-state index in [0.717, 1.165) is 41.9 Å². The number of rotatable bonds is 5. The van der Waals surface area contributed by atoms with Crippen LogP contribution in [0, 0.1) is 0 Å². The van der Waals surface area contributed by atoms with Crippen LogP contribution in [0.25, 0.3) is 0 Å². The predicted octanol–water partition coefficient (Wildman–Crippen LogP) is 4.89. The van der Waals surface area contributed by atoms with E-state index in [0.29, 0.717) is 10.0 Å². The van der Waals surface area contributed by atoms with Gasteiger partial charge >= 0.3 is 6.18 Å². The molecule has 0 saturated heterocycles. The molecule has 1 saturated carbocycles. The van der Waals surface area contributed by atoms with Crippen LogP contribution in [-0.4, -0.2) is 15.8 Å². The lowest BCUT2D eigenvalue weighted by Crippen LogP contribution is -2.18. The summed E-state index contributed by atoms with van der Waals surface area (Å²) in [5, 5.41) is 3.90. The van der Waals surface area contributed by atoms with Gasteiger partial charge < -0.3 is 5.32 Å². The van der Waals surface area contributed by atoms with Crippen LogP contribution in [0.4, 0.5) is 18.3 Å². The number of pyridine rings is 1. The monoisotopic (exact) mass is 389 g/mol. The lowest BCUT2D eigenvalue weighted by atomic mass is 10.1. The highest BCUT2D eigenvalue weighted by atomic mass is 32.1. The number of ketones is 1. The summed E-state index contributed by atoms with van der Waals surface area (Å²) >= 11 is 1.14. The van der Waals surface area contributed by atoms with E-state index in [-0.39, 0.29) is 11.1 Å². The van der Waals surface area contributed by atoms with E-state index in [9.17, 15) is 18.0 Å². The summed E-state index contributed by atoms with van der Waals surface area (Å²) in [6, 6.07) is 8.27. The van der Waals surface area contributed by atoms with Crippen molar-refractivity contribution in [2.24, 2.45) is 0 Å². The van der Waals surface area contributed by atoms with Gasteiger partial charge in [-0.1, -0.05) is 29.5 Å². The number of nitrogens with one attached hydrogen (secondary N) is 1. The lowest BCUT2D eigenvalue weighted by molar-refractivity contribution is -0.137. The number of benzene rings is 1. The average Bonchev–Trinajstić information content (AvgIpc) is 3.30. The second-order valence-electron chi connectivity index (χ2n) is 6.39. The van der Waals surface area contributed by atoms with Gasteiger partial charge in [0.15, 0.2) is 5.13 Å². The number of hydrogen-bond donors (Lipinski definition) is 1. The summed E-state index contributed by atoms with van der Waals surface area (Å²) in [6.07, 6.45) is 2.26. The molecule has 0 unspecified atom stereocenters. The molecule has 0 radical (unpaired) electrons. The van der Waals surface area contributed by atoms with Crippen molar-refractivity contribution >= 4 is 22.3 Å². The van der Waals surface area contributed by atoms with Gasteiger partial charge in [-0.05, 0) is 36.6 Å². The molecule has 0 atom stereocenters. The summed E-state index contributed by atoms with van der Waals surface area (Å²) < 4.78 is 38.6. The van der Waals surface area contributed by atoms with E-state index in [1.807, 2.05) is 12.1 Å². The zero-order valence-electron chi connectivity index (χ0n) is 14.0. The normalized spacial score (nSPS) is 15.4. The number of alkyl halides is 3. The van der Waals surface area contributed by atoms with Crippen LogP contribution in [0.5, 0.6) is 0 Å². The number of thiazole rings is 1. The summed E-state index contributed by atoms with van der Waals surface area (Å²) in [7, 11) is 0. The largest absolute Gasteiger partial charge is 0.416 e. The molecule has 1 N–H and O–H groups in total. The van der Waals surface area contributed by atoms with Crippen molar-refractivity contribution in [1.29, 1.82) is 0 Å². The number of hydrogen-bond acceptors (Lipinski definition) is 5. The Labute approximate surface area is 157 Å². The second-order valence-corrected chi connectivity index (χ2v) is 7.42. The van der Waals surface area contributed by atoms with Crippen molar-refractivity contribution in [2.75, 3.05) is 5.32 Å². The van der Waals surface area contributed by atoms with E-state index in [2.05, 4.69) is 15.3 Å². The van der Waals surface area contributed by atoms with Gasteiger partial charge in [0.1, 0.15) is 0 Å². The topological polar surface area (TPSA) is 54.9 Å². The van der Waals surface area contributed by atoms with Gasteiger partial charge in [0.2, 0.25) is 5.78 Å². The van der Waals surface area contributed by atoms with Crippen molar-refractivity contribution < 1.29 is 18.0 Å². The van der Waals surface area contributed by atoms with E-state index in [1.165, 1.54) is 18.3 Å². The van der Waals surface area contributed by atoms with Crippen LogP contribution in [0.15, 0.2) is 55.0 Å². The second kappa shape index (κ2) is 6.45. The Morgan fingerprint density at radius 2 is 1.96 bits per heavy atom. The molecule has 2 aromatic heterocycles. The number of anilines is 1.